The molecular weight excluding hydrogens is 378 g/mol. The van der Waals surface area contributed by atoms with Gasteiger partial charge in [-0.05, 0) is 49.2 Å². The van der Waals surface area contributed by atoms with Crippen LogP contribution in [-0.4, -0.2) is 39.0 Å². The molecule has 1 aliphatic heterocycles. The van der Waals surface area contributed by atoms with E-state index in [9.17, 15) is 13.2 Å². The number of nitrogens with one attached hydrogen (secondary N) is 2. The summed E-state index contributed by atoms with van der Waals surface area (Å²) in [5.41, 5.74) is 1.05. The number of benzene rings is 2. The summed E-state index contributed by atoms with van der Waals surface area (Å²) in [6.45, 7) is 1.12. The van der Waals surface area contributed by atoms with Crippen LogP contribution in [0.5, 0.6) is 5.75 Å². The number of ether oxygens (including phenoxy) is 1. The van der Waals surface area contributed by atoms with Gasteiger partial charge in [-0.1, -0.05) is 25.0 Å². The predicted molar refractivity (Wildman–Crippen MR) is 109 cm³/mol. The Hall–Kier alpha value is -2.58. The SMILES string of the molecule is COc1ccccc1NC(=O)Nc1ccc(S(=O)(=O)N2CCCCCC2)cc1. The highest BCUT2D eigenvalue weighted by Gasteiger charge is 2.25. The summed E-state index contributed by atoms with van der Waals surface area (Å²) in [7, 11) is -1.97. The van der Waals surface area contributed by atoms with E-state index in [4.69, 9.17) is 4.74 Å². The highest BCUT2D eigenvalue weighted by molar-refractivity contribution is 7.89. The van der Waals surface area contributed by atoms with Crippen LogP contribution < -0.4 is 15.4 Å². The fourth-order valence-electron chi connectivity index (χ4n) is 3.17. The molecule has 0 spiro atoms. The average Bonchev–Trinajstić information content (AvgIpc) is 2.99. The lowest BCUT2D eigenvalue weighted by molar-refractivity contribution is 0.262. The molecule has 1 heterocycles. The molecule has 0 aromatic heterocycles. The summed E-state index contributed by atoms with van der Waals surface area (Å²) in [5, 5.41) is 5.41. The zero-order valence-corrected chi connectivity index (χ0v) is 16.7. The Balaban J connectivity index is 1.66. The normalized spacial score (nSPS) is 15.5. The number of rotatable bonds is 5. The lowest BCUT2D eigenvalue weighted by Crippen LogP contribution is -2.31. The Bertz CT molecular complexity index is 905. The van der Waals surface area contributed by atoms with Gasteiger partial charge < -0.3 is 15.4 Å². The molecule has 2 aromatic carbocycles. The van der Waals surface area contributed by atoms with E-state index in [-0.39, 0.29) is 4.90 Å². The third kappa shape index (κ3) is 4.82. The van der Waals surface area contributed by atoms with Crippen LogP contribution in [0.1, 0.15) is 25.7 Å². The molecule has 0 radical (unpaired) electrons. The number of para-hydroxylation sites is 2. The van der Waals surface area contributed by atoms with Gasteiger partial charge in [0.1, 0.15) is 5.75 Å². The van der Waals surface area contributed by atoms with Crippen LogP contribution in [0.15, 0.2) is 53.4 Å². The van der Waals surface area contributed by atoms with Crippen LogP contribution >= 0.6 is 0 Å². The largest absolute Gasteiger partial charge is 0.495 e. The minimum atomic E-state index is -3.50. The van der Waals surface area contributed by atoms with Crippen molar-refractivity contribution in [2.24, 2.45) is 0 Å². The molecule has 0 saturated carbocycles. The second-order valence-electron chi connectivity index (χ2n) is 6.62. The second kappa shape index (κ2) is 9.07. The van der Waals surface area contributed by atoms with Gasteiger partial charge in [0.25, 0.3) is 0 Å². The first kappa shape index (κ1) is 20.2. The molecule has 0 bridgehead atoms. The van der Waals surface area contributed by atoms with E-state index in [0.717, 1.165) is 25.7 Å². The lowest BCUT2D eigenvalue weighted by atomic mass is 10.2. The third-order valence-electron chi connectivity index (χ3n) is 4.67. The van der Waals surface area contributed by atoms with E-state index in [1.807, 2.05) is 6.07 Å². The molecule has 2 amide bonds. The van der Waals surface area contributed by atoms with Crippen LogP contribution in [0.2, 0.25) is 0 Å². The van der Waals surface area contributed by atoms with Gasteiger partial charge in [-0.2, -0.15) is 4.31 Å². The molecule has 3 rings (SSSR count). The molecule has 0 aliphatic carbocycles. The highest BCUT2D eigenvalue weighted by Crippen LogP contribution is 2.24. The zero-order valence-electron chi connectivity index (χ0n) is 15.8. The summed E-state index contributed by atoms with van der Waals surface area (Å²) in [4.78, 5) is 12.5. The molecule has 8 heteroatoms. The number of carbonyl (C=O) groups excluding carboxylic acids is 1. The smallest absolute Gasteiger partial charge is 0.323 e. The summed E-state index contributed by atoms with van der Waals surface area (Å²) in [5.74, 6) is 0.552. The summed E-state index contributed by atoms with van der Waals surface area (Å²) in [6.07, 6.45) is 3.91. The molecule has 1 aliphatic rings. The van der Waals surface area contributed by atoms with Crippen LogP contribution in [-0.2, 0) is 10.0 Å². The van der Waals surface area contributed by atoms with E-state index >= 15 is 0 Å². The second-order valence-corrected chi connectivity index (χ2v) is 8.56. The van der Waals surface area contributed by atoms with E-state index in [0.29, 0.717) is 30.2 Å². The molecule has 1 fully saturated rings. The van der Waals surface area contributed by atoms with E-state index in [1.54, 1.807) is 34.6 Å². The third-order valence-corrected chi connectivity index (χ3v) is 6.58. The van der Waals surface area contributed by atoms with Crippen molar-refractivity contribution < 1.29 is 17.9 Å². The topological polar surface area (TPSA) is 87.7 Å². The number of sulfonamides is 1. The Kier molecular flexibility index (Phi) is 6.53. The predicted octanol–water partition coefficient (Wildman–Crippen LogP) is 3.90. The van der Waals surface area contributed by atoms with Crippen molar-refractivity contribution in [1.29, 1.82) is 0 Å². The van der Waals surface area contributed by atoms with Crippen LogP contribution in [0.4, 0.5) is 16.2 Å². The number of anilines is 2. The standard InChI is InChI=1S/C20H25N3O4S/c1-27-19-9-5-4-8-18(19)22-20(24)21-16-10-12-17(13-11-16)28(25,26)23-14-6-2-3-7-15-23/h4-5,8-13H,2-3,6-7,14-15H2,1H3,(H2,21,22,24). The summed E-state index contributed by atoms with van der Waals surface area (Å²) in [6, 6.07) is 12.9. The van der Waals surface area contributed by atoms with E-state index < -0.39 is 16.1 Å². The first-order valence-electron chi connectivity index (χ1n) is 9.32. The summed E-state index contributed by atoms with van der Waals surface area (Å²) >= 11 is 0. The maximum absolute atomic E-state index is 12.8. The molecule has 0 unspecified atom stereocenters. The van der Waals surface area contributed by atoms with Crippen molar-refractivity contribution in [2.75, 3.05) is 30.8 Å². The first-order valence-corrected chi connectivity index (χ1v) is 10.8. The fourth-order valence-corrected chi connectivity index (χ4v) is 4.69. The highest BCUT2D eigenvalue weighted by atomic mass is 32.2. The number of urea groups is 1. The first-order chi connectivity index (χ1) is 13.5. The quantitative estimate of drug-likeness (QED) is 0.792. The summed E-state index contributed by atoms with van der Waals surface area (Å²) < 4.78 is 32.3. The monoisotopic (exact) mass is 403 g/mol. The Morgan fingerprint density at radius 1 is 0.929 bits per heavy atom. The maximum atomic E-state index is 12.8. The number of hydrogen-bond acceptors (Lipinski definition) is 4. The van der Waals surface area contributed by atoms with Gasteiger partial charge in [-0.3, -0.25) is 0 Å². The molecule has 7 nitrogen and oxygen atoms in total. The van der Waals surface area contributed by atoms with Crippen LogP contribution in [0.25, 0.3) is 0 Å². The van der Waals surface area contributed by atoms with Gasteiger partial charge in [-0.15, -0.1) is 0 Å². The van der Waals surface area contributed by atoms with Gasteiger partial charge in [0, 0.05) is 18.8 Å². The van der Waals surface area contributed by atoms with Gasteiger partial charge in [0.2, 0.25) is 10.0 Å². The molecule has 150 valence electrons. The molecule has 2 N–H and O–H groups in total. The number of methoxy groups -OCH3 is 1. The van der Waals surface area contributed by atoms with Gasteiger partial charge in [0.15, 0.2) is 0 Å². The number of hydrogen-bond donors (Lipinski definition) is 2. The Morgan fingerprint density at radius 3 is 2.21 bits per heavy atom. The van der Waals surface area contributed by atoms with Gasteiger partial charge in [0.05, 0.1) is 17.7 Å². The van der Waals surface area contributed by atoms with Crippen molar-refractivity contribution in [1.82, 2.24) is 4.31 Å². The molecule has 1 saturated heterocycles. The zero-order chi connectivity index (χ0) is 20.0. The average molecular weight is 404 g/mol. The van der Waals surface area contributed by atoms with Crippen LogP contribution in [0.3, 0.4) is 0 Å². The fraction of sp³-hybridized carbons (Fsp3) is 0.350. The Labute approximate surface area is 165 Å². The Morgan fingerprint density at radius 2 is 1.57 bits per heavy atom. The van der Waals surface area contributed by atoms with E-state index in [2.05, 4.69) is 10.6 Å². The molecule has 2 aromatic rings. The molecular formula is C20H25N3O4S. The molecule has 0 atom stereocenters. The van der Waals surface area contributed by atoms with Crippen molar-refractivity contribution in [3.8, 4) is 5.75 Å². The number of nitrogens with zero attached hydrogens (tertiary/aromatic N) is 1. The van der Waals surface area contributed by atoms with E-state index in [1.165, 1.54) is 19.2 Å². The maximum Gasteiger partial charge on any atom is 0.323 e. The minimum absolute atomic E-state index is 0.241. The van der Waals surface area contributed by atoms with Crippen molar-refractivity contribution in [2.45, 2.75) is 30.6 Å². The molecule has 28 heavy (non-hydrogen) atoms. The van der Waals surface area contributed by atoms with Crippen molar-refractivity contribution in [3.63, 3.8) is 0 Å². The van der Waals surface area contributed by atoms with Gasteiger partial charge >= 0.3 is 6.03 Å². The lowest BCUT2D eigenvalue weighted by Gasteiger charge is -2.20. The van der Waals surface area contributed by atoms with Crippen LogP contribution in [0, 0.1) is 0 Å². The van der Waals surface area contributed by atoms with Gasteiger partial charge in [-0.25, -0.2) is 13.2 Å². The van der Waals surface area contributed by atoms with Crippen molar-refractivity contribution >= 4 is 27.4 Å². The number of carbonyl (C=O) groups is 1. The van der Waals surface area contributed by atoms with Crippen molar-refractivity contribution in [3.05, 3.63) is 48.5 Å². The minimum Gasteiger partial charge on any atom is -0.495 e. The number of amides is 2.